The molecule has 1 aliphatic heterocycles. The molecule has 1 amide bonds. The molecule has 2 N–H and O–H groups in total. The third kappa shape index (κ3) is 3.88. The molecule has 0 bridgehead atoms. The molecule has 0 spiro atoms. The fourth-order valence-electron chi connectivity index (χ4n) is 3.08. The molecule has 3 aromatic carbocycles. The van der Waals surface area contributed by atoms with Crippen molar-refractivity contribution in [1.29, 1.82) is 0 Å². The van der Waals surface area contributed by atoms with Crippen molar-refractivity contribution in [3.63, 3.8) is 0 Å². The van der Waals surface area contributed by atoms with Crippen LogP contribution in [-0.4, -0.2) is 24.2 Å². The van der Waals surface area contributed by atoms with Crippen molar-refractivity contribution in [2.45, 2.75) is 6.10 Å². The molecule has 0 aliphatic carbocycles. The number of carbonyl (C=O) groups excluding carboxylic acids is 1. The van der Waals surface area contributed by atoms with E-state index >= 15 is 0 Å². The standard InChI is InChI=1S/C22H18BrNO4/c23-16-8-4-7-15(11-16)22(26)24-18-13-20-19(27-9-10-28-20)12-17(18)21(25)14-5-2-1-3-6-14/h1-8,11-13,21,25H,9-10H2,(H,24,26)/t21-/m1/s1. The zero-order valence-electron chi connectivity index (χ0n) is 14.9. The van der Waals surface area contributed by atoms with Crippen LogP contribution in [0.4, 0.5) is 5.69 Å². The quantitative estimate of drug-likeness (QED) is 0.625. The van der Waals surface area contributed by atoms with E-state index in [2.05, 4.69) is 21.2 Å². The monoisotopic (exact) mass is 439 g/mol. The van der Waals surface area contributed by atoms with Gasteiger partial charge in [-0.3, -0.25) is 4.79 Å². The first-order chi connectivity index (χ1) is 13.6. The molecule has 0 unspecified atom stereocenters. The van der Waals surface area contributed by atoms with Crippen molar-refractivity contribution in [2.24, 2.45) is 0 Å². The number of halogens is 1. The zero-order chi connectivity index (χ0) is 19.5. The number of hydrogen-bond acceptors (Lipinski definition) is 4. The summed E-state index contributed by atoms with van der Waals surface area (Å²) in [6, 6.07) is 19.8. The number of nitrogens with one attached hydrogen (secondary N) is 1. The summed E-state index contributed by atoms with van der Waals surface area (Å²) in [7, 11) is 0. The van der Waals surface area contributed by atoms with E-state index < -0.39 is 6.10 Å². The van der Waals surface area contributed by atoms with Gasteiger partial charge in [-0.15, -0.1) is 0 Å². The summed E-state index contributed by atoms with van der Waals surface area (Å²) in [6.07, 6.45) is -0.921. The van der Waals surface area contributed by atoms with E-state index in [-0.39, 0.29) is 5.91 Å². The van der Waals surface area contributed by atoms with E-state index in [0.717, 1.165) is 10.0 Å². The Morgan fingerprint density at radius 1 is 0.964 bits per heavy atom. The van der Waals surface area contributed by atoms with Gasteiger partial charge in [-0.05, 0) is 29.8 Å². The first-order valence-corrected chi connectivity index (χ1v) is 9.64. The van der Waals surface area contributed by atoms with Gasteiger partial charge >= 0.3 is 0 Å². The lowest BCUT2D eigenvalue weighted by molar-refractivity contribution is 0.102. The number of carbonyl (C=O) groups is 1. The van der Waals surface area contributed by atoms with Crippen LogP contribution in [0.25, 0.3) is 0 Å². The minimum Gasteiger partial charge on any atom is -0.486 e. The predicted octanol–water partition coefficient (Wildman–Crippen LogP) is 4.55. The smallest absolute Gasteiger partial charge is 0.255 e. The van der Waals surface area contributed by atoms with Crippen LogP contribution in [-0.2, 0) is 0 Å². The Morgan fingerprint density at radius 2 is 1.68 bits per heavy atom. The zero-order valence-corrected chi connectivity index (χ0v) is 16.5. The molecular weight excluding hydrogens is 422 g/mol. The van der Waals surface area contributed by atoms with E-state index in [4.69, 9.17) is 9.47 Å². The van der Waals surface area contributed by atoms with Crippen LogP contribution in [0.5, 0.6) is 11.5 Å². The second kappa shape index (κ2) is 8.04. The minimum absolute atomic E-state index is 0.278. The number of amides is 1. The number of benzene rings is 3. The van der Waals surface area contributed by atoms with Gasteiger partial charge in [0.25, 0.3) is 5.91 Å². The third-order valence-electron chi connectivity index (χ3n) is 4.46. The summed E-state index contributed by atoms with van der Waals surface area (Å²) in [5.74, 6) is 0.816. The highest BCUT2D eigenvalue weighted by atomic mass is 79.9. The molecule has 3 aromatic rings. The topological polar surface area (TPSA) is 67.8 Å². The van der Waals surface area contributed by atoms with E-state index in [1.165, 1.54) is 0 Å². The second-order valence-electron chi connectivity index (χ2n) is 6.36. The maximum absolute atomic E-state index is 12.8. The molecule has 0 saturated heterocycles. The van der Waals surface area contributed by atoms with E-state index in [1.54, 1.807) is 30.3 Å². The Bertz CT molecular complexity index is 1010. The second-order valence-corrected chi connectivity index (χ2v) is 7.28. The van der Waals surface area contributed by atoms with Gasteiger partial charge in [-0.25, -0.2) is 0 Å². The Hall–Kier alpha value is -2.83. The first kappa shape index (κ1) is 18.5. The van der Waals surface area contributed by atoms with Gasteiger partial charge < -0.3 is 19.9 Å². The lowest BCUT2D eigenvalue weighted by Crippen LogP contribution is -2.18. The van der Waals surface area contributed by atoms with Crippen LogP contribution in [0, 0.1) is 0 Å². The van der Waals surface area contributed by atoms with Crippen molar-refractivity contribution in [3.8, 4) is 11.5 Å². The molecule has 0 saturated carbocycles. The van der Waals surface area contributed by atoms with Crippen LogP contribution in [0.1, 0.15) is 27.6 Å². The van der Waals surface area contributed by atoms with Crippen LogP contribution in [0.15, 0.2) is 71.2 Å². The Kier molecular flexibility index (Phi) is 5.32. The molecule has 0 aromatic heterocycles. The SMILES string of the molecule is O=C(Nc1cc2c(cc1[C@H](O)c1ccccc1)OCCO2)c1cccc(Br)c1. The molecule has 1 heterocycles. The third-order valence-corrected chi connectivity index (χ3v) is 4.95. The Balaban J connectivity index is 1.73. The fourth-order valence-corrected chi connectivity index (χ4v) is 3.48. The van der Waals surface area contributed by atoms with Crippen LogP contribution in [0.2, 0.25) is 0 Å². The van der Waals surface area contributed by atoms with Gasteiger partial charge in [0.15, 0.2) is 11.5 Å². The predicted molar refractivity (Wildman–Crippen MR) is 110 cm³/mol. The van der Waals surface area contributed by atoms with Gasteiger partial charge in [-0.1, -0.05) is 52.3 Å². The van der Waals surface area contributed by atoms with Gasteiger partial charge in [0, 0.05) is 21.7 Å². The summed E-state index contributed by atoms with van der Waals surface area (Å²) < 4.78 is 12.1. The fraction of sp³-hybridized carbons (Fsp3) is 0.136. The van der Waals surface area contributed by atoms with Gasteiger partial charge in [0.05, 0.1) is 5.69 Å². The number of aliphatic hydroxyl groups excluding tert-OH is 1. The maximum Gasteiger partial charge on any atom is 0.255 e. The normalized spacial score (nSPS) is 13.6. The van der Waals surface area contributed by atoms with Crippen molar-refractivity contribution < 1.29 is 19.4 Å². The number of ether oxygens (including phenoxy) is 2. The number of fused-ring (bicyclic) bond motifs is 1. The van der Waals surface area contributed by atoms with Crippen LogP contribution >= 0.6 is 15.9 Å². The molecule has 1 atom stereocenters. The number of aliphatic hydroxyl groups is 1. The number of anilines is 1. The van der Waals surface area contributed by atoms with Crippen molar-refractivity contribution in [1.82, 2.24) is 0 Å². The summed E-state index contributed by atoms with van der Waals surface area (Å²) in [5, 5.41) is 13.8. The molecule has 5 nitrogen and oxygen atoms in total. The van der Waals surface area contributed by atoms with E-state index in [1.807, 2.05) is 36.4 Å². The molecule has 0 radical (unpaired) electrons. The molecule has 28 heavy (non-hydrogen) atoms. The van der Waals surface area contributed by atoms with Gasteiger partial charge in [-0.2, -0.15) is 0 Å². The van der Waals surface area contributed by atoms with Crippen molar-refractivity contribution in [3.05, 3.63) is 87.9 Å². The van der Waals surface area contributed by atoms with E-state index in [0.29, 0.717) is 41.5 Å². The lowest BCUT2D eigenvalue weighted by atomic mass is 9.98. The van der Waals surface area contributed by atoms with Crippen LogP contribution < -0.4 is 14.8 Å². The van der Waals surface area contributed by atoms with E-state index in [9.17, 15) is 9.90 Å². The molecular formula is C22H18BrNO4. The largest absolute Gasteiger partial charge is 0.486 e. The van der Waals surface area contributed by atoms with Crippen LogP contribution in [0.3, 0.4) is 0 Å². The highest BCUT2D eigenvalue weighted by Gasteiger charge is 2.22. The minimum atomic E-state index is -0.921. The summed E-state index contributed by atoms with van der Waals surface area (Å²) >= 11 is 3.38. The van der Waals surface area contributed by atoms with Crippen molar-refractivity contribution >= 4 is 27.5 Å². The average Bonchev–Trinajstić information content (AvgIpc) is 2.73. The number of rotatable bonds is 4. The highest BCUT2D eigenvalue weighted by Crippen LogP contribution is 2.39. The molecule has 142 valence electrons. The van der Waals surface area contributed by atoms with Crippen molar-refractivity contribution in [2.75, 3.05) is 18.5 Å². The molecule has 6 heteroatoms. The summed E-state index contributed by atoms with van der Waals surface area (Å²) in [4.78, 5) is 12.8. The van der Waals surface area contributed by atoms with Gasteiger partial charge in [0.2, 0.25) is 0 Å². The highest BCUT2D eigenvalue weighted by molar-refractivity contribution is 9.10. The Morgan fingerprint density at radius 3 is 2.39 bits per heavy atom. The lowest BCUT2D eigenvalue weighted by Gasteiger charge is -2.23. The summed E-state index contributed by atoms with van der Waals surface area (Å²) in [6.45, 7) is 0.879. The first-order valence-electron chi connectivity index (χ1n) is 8.85. The summed E-state index contributed by atoms with van der Waals surface area (Å²) in [5.41, 5.74) is 2.24. The molecule has 0 fully saturated rings. The molecule has 4 rings (SSSR count). The Labute approximate surface area is 171 Å². The average molecular weight is 440 g/mol. The number of hydrogen-bond donors (Lipinski definition) is 2. The van der Waals surface area contributed by atoms with Gasteiger partial charge in [0.1, 0.15) is 19.3 Å². The molecule has 1 aliphatic rings. The maximum atomic E-state index is 12.8.